The van der Waals surface area contributed by atoms with Crippen molar-refractivity contribution in [2.75, 3.05) is 6.54 Å². The van der Waals surface area contributed by atoms with Crippen molar-refractivity contribution in [3.8, 4) is 5.69 Å². The topological polar surface area (TPSA) is 64.0 Å². The van der Waals surface area contributed by atoms with Gasteiger partial charge in [-0.2, -0.15) is 5.10 Å². The molecule has 1 N–H and O–H groups in total. The highest BCUT2D eigenvalue weighted by atomic mass is 32.2. The van der Waals surface area contributed by atoms with E-state index in [2.05, 4.69) is 16.7 Å². The van der Waals surface area contributed by atoms with Gasteiger partial charge in [0, 0.05) is 6.54 Å². The number of rotatable bonds is 11. The summed E-state index contributed by atoms with van der Waals surface area (Å²) in [6, 6.07) is 9.59. The summed E-state index contributed by atoms with van der Waals surface area (Å²) in [6.07, 6.45) is 8.16. The van der Waals surface area contributed by atoms with Gasteiger partial charge in [0.1, 0.15) is 4.90 Å². The summed E-state index contributed by atoms with van der Waals surface area (Å²) in [5.41, 5.74) is 2.03. The van der Waals surface area contributed by atoms with Crippen LogP contribution in [0.2, 0.25) is 0 Å². The molecule has 144 valence electrons. The second-order valence-electron chi connectivity index (χ2n) is 6.77. The Labute approximate surface area is 157 Å². The van der Waals surface area contributed by atoms with Gasteiger partial charge in [-0.25, -0.2) is 17.8 Å². The Balaban J connectivity index is 1.96. The number of sulfonamides is 1. The molecule has 0 aliphatic heterocycles. The molecule has 5 nitrogen and oxygen atoms in total. The van der Waals surface area contributed by atoms with E-state index in [1.165, 1.54) is 32.1 Å². The molecular weight excluding hydrogens is 346 g/mol. The van der Waals surface area contributed by atoms with Crippen molar-refractivity contribution in [1.29, 1.82) is 0 Å². The number of nitrogens with zero attached hydrogens (tertiary/aromatic N) is 2. The molecule has 0 saturated carbocycles. The zero-order valence-corrected chi connectivity index (χ0v) is 17.0. The van der Waals surface area contributed by atoms with Gasteiger partial charge >= 0.3 is 0 Å². The first kappa shape index (κ1) is 20.6. The molecule has 0 aliphatic rings. The summed E-state index contributed by atoms with van der Waals surface area (Å²) in [7, 11) is -3.54. The lowest BCUT2D eigenvalue weighted by Gasteiger charge is -2.08. The molecule has 1 aromatic carbocycles. The van der Waals surface area contributed by atoms with E-state index in [4.69, 9.17) is 0 Å². The summed E-state index contributed by atoms with van der Waals surface area (Å²) in [5.74, 6) is 0. The third kappa shape index (κ3) is 5.42. The number of unbranched alkanes of at least 4 members (excludes halogenated alkanes) is 6. The van der Waals surface area contributed by atoms with Gasteiger partial charge in [-0.3, -0.25) is 0 Å². The summed E-state index contributed by atoms with van der Waals surface area (Å²) in [4.78, 5) is 0.296. The molecule has 0 atom stereocenters. The third-order valence-electron chi connectivity index (χ3n) is 4.57. The van der Waals surface area contributed by atoms with E-state index in [1.54, 1.807) is 18.5 Å². The first-order valence-corrected chi connectivity index (χ1v) is 11.1. The minimum absolute atomic E-state index is 0.296. The maximum Gasteiger partial charge on any atom is 0.244 e. The number of hydrogen-bond acceptors (Lipinski definition) is 3. The number of aryl methyl sites for hydroxylation is 1. The van der Waals surface area contributed by atoms with Gasteiger partial charge in [-0.05, 0) is 32.4 Å². The monoisotopic (exact) mass is 377 g/mol. The van der Waals surface area contributed by atoms with Crippen LogP contribution in [0.3, 0.4) is 0 Å². The van der Waals surface area contributed by atoms with Crippen molar-refractivity contribution in [3.05, 3.63) is 41.7 Å². The molecule has 2 aromatic rings. The molecule has 1 heterocycles. The SMILES string of the molecule is CCCCCCCCCNS(=O)(=O)c1c(C)nn(-c2ccccc2)c1C. The number of nitrogens with one attached hydrogen (secondary N) is 1. The average Bonchev–Trinajstić information content (AvgIpc) is 2.93. The second-order valence-corrected chi connectivity index (χ2v) is 8.47. The predicted octanol–water partition coefficient (Wildman–Crippen LogP) is 4.52. The zero-order valence-electron chi connectivity index (χ0n) is 16.2. The summed E-state index contributed by atoms with van der Waals surface area (Å²) < 4.78 is 29.9. The Morgan fingerprint density at radius 3 is 2.23 bits per heavy atom. The van der Waals surface area contributed by atoms with Crippen LogP contribution in [0.15, 0.2) is 35.2 Å². The van der Waals surface area contributed by atoms with Crippen LogP contribution in [0.1, 0.15) is 63.3 Å². The lowest BCUT2D eigenvalue weighted by Crippen LogP contribution is -2.25. The Hall–Kier alpha value is -1.66. The third-order valence-corrected chi connectivity index (χ3v) is 6.28. The van der Waals surface area contributed by atoms with Crippen LogP contribution in [0.5, 0.6) is 0 Å². The maximum atomic E-state index is 12.7. The molecule has 0 unspecified atom stereocenters. The van der Waals surface area contributed by atoms with E-state index in [-0.39, 0.29) is 0 Å². The Bertz CT molecular complexity index is 783. The van der Waals surface area contributed by atoms with Gasteiger partial charge in [0.15, 0.2) is 0 Å². The molecule has 6 heteroatoms. The molecular formula is C20H31N3O2S. The van der Waals surface area contributed by atoms with Gasteiger partial charge in [-0.15, -0.1) is 0 Å². The van der Waals surface area contributed by atoms with Crippen LogP contribution >= 0.6 is 0 Å². The maximum absolute atomic E-state index is 12.7. The summed E-state index contributed by atoms with van der Waals surface area (Å²) in [5, 5.41) is 4.43. The highest BCUT2D eigenvalue weighted by Gasteiger charge is 2.24. The molecule has 0 radical (unpaired) electrons. The smallest absolute Gasteiger partial charge is 0.236 e. The predicted molar refractivity (Wildman–Crippen MR) is 106 cm³/mol. The Morgan fingerprint density at radius 2 is 1.58 bits per heavy atom. The summed E-state index contributed by atoms with van der Waals surface area (Å²) >= 11 is 0. The molecule has 0 aliphatic carbocycles. The van der Waals surface area contributed by atoms with E-state index in [1.807, 2.05) is 30.3 Å². The van der Waals surface area contributed by atoms with E-state index < -0.39 is 10.0 Å². The molecule has 0 saturated heterocycles. The molecule has 2 rings (SSSR count). The average molecular weight is 378 g/mol. The van der Waals surface area contributed by atoms with Gasteiger partial charge < -0.3 is 0 Å². The first-order valence-electron chi connectivity index (χ1n) is 9.58. The largest absolute Gasteiger partial charge is 0.244 e. The lowest BCUT2D eigenvalue weighted by atomic mass is 10.1. The number of aromatic nitrogens is 2. The minimum atomic E-state index is -3.54. The molecule has 0 spiro atoms. The van der Waals surface area contributed by atoms with Gasteiger partial charge in [0.2, 0.25) is 10.0 Å². The van der Waals surface area contributed by atoms with E-state index in [9.17, 15) is 8.42 Å². The highest BCUT2D eigenvalue weighted by molar-refractivity contribution is 7.89. The van der Waals surface area contributed by atoms with Crippen molar-refractivity contribution in [1.82, 2.24) is 14.5 Å². The van der Waals surface area contributed by atoms with E-state index >= 15 is 0 Å². The fourth-order valence-electron chi connectivity index (χ4n) is 3.20. The van der Waals surface area contributed by atoms with Crippen molar-refractivity contribution < 1.29 is 8.42 Å². The van der Waals surface area contributed by atoms with Gasteiger partial charge in [-0.1, -0.05) is 63.6 Å². The Morgan fingerprint density at radius 1 is 0.962 bits per heavy atom. The fourth-order valence-corrected chi connectivity index (χ4v) is 4.66. The van der Waals surface area contributed by atoms with Crippen molar-refractivity contribution in [2.24, 2.45) is 0 Å². The number of benzene rings is 1. The minimum Gasteiger partial charge on any atom is -0.236 e. The van der Waals surface area contributed by atoms with Crippen LogP contribution in [0, 0.1) is 13.8 Å². The van der Waals surface area contributed by atoms with Gasteiger partial charge in [0.05, 0.1) is 17.1 Å². The number of para-hydroxylation sites is 1. The summed E-state index contributed by atoms with van der Waals surface area (Å²) in [6.45, 7) is 6.23. The van der Waals surface area contributed by atoms with Crippen LogP contribution < -0.4 is 4.72 Å². The van der Waals surface area contributed by atoms with Crippen LogP contribution in [0.25, 0.3) is 5.69 Å². The first-order chi connectivity index (χ1) is 12.5. The Kier molecular flexibility index (Phi) is 7.85. The van der Waals surface area contributed by atoms with Crippen LogP contribution in [-0.4, -0.2) is 24.7 Å². The lowest BCUT2D eigenvalue weighted by molar-refractivity contribution is 0.563. The molecule has 0 amide bonds. The molecule has 0 bridgehead atoms. The van der Waals surface area contributed by atoms with Crippen molar-refractivity contribution in [2.45, 2.75) is 70.6 Å². The molecule has 26 heavy (non-hydrogen) atoms. The fraction of sp³-hybridized carbons (Fsp3) is 0.550. The van der Waals surface area contributed by atoms with Crippen LogP contribution in [0.4, 0.5) is 0 Å². The van der Waals surface area contributed by atoms with E-state index in [0.29, 0.717) is 22.8 Å². The zero-order chi connectivity index (χ0) is 19.0. The standard InChI is InChI=1S/C20H31N3O2S/c1-4-5-6-7-8-9-13-16-21-26(24,25)20-17(2)22-23(18(20)3)19-14-11-10-12-15-19/h10-12,14-15,21H,4-9,13,16H2,1-3H3. The van der Waals surface area contributed by atoms with E-state index in [0.717, 1.165) is 18.5 Å². The van der Waals surface area contributed by atoms with Gasteiger partial charge in [0.25, 0.3) is 0 Å². The molecule has 0 fully saturated rings. The molecule has 1 aromatic heterocycles. The number of hydrogen-bond donors (Lipinski definition) is 1. The van der Waals surface area contributed by atoms with Crippen LogP contribution in [-0.2, 0) is 10.0 Å². The quantitative estimate of drug-likeness (QED) is 0.586. The van der Waals surface area contributed by atoms with Crippen molar-refractivity contribution in [3.63, 3.8) is 0 Å². The highest BCUT2D eigenvalue weighted by Crippen LogP contribution is 2.22. The normalized spacial score (nSPS) is 11.8. The second kappa shape index (κ2) is 9.88. The van der Waals surface area contributed by atoms with Crippen molar-refractivity contribution >= 4 is 10.0 Å².